The van der Waals surface area contributed by atoms with E-state index >= 15 is 0 Å². The number of halogens is 1. The zero-order chi connectivity index (χ0) is 20.5. The molecule has 2 N–H and O–H groups in total. The Morgan fingerprint density at radius 1 is 1.07 bits per heavy atom. The van der Waals surface area contributed by atoms with Crippen molar-refractivity contribution in [1.82, 2.24) is 14.9 Å². The van der Waals surface area contributed by atoms with Gasteiger partial charge in [-0.1, -0.05) is 60.7 Å². The smallest absolute Gasteiger partial charge is 0.214 e. The Bertz CT molecular complexity index is 892. The fraction of sp³-hybridized carbons (Fsp3) is 0.409. The number of hydrogen-bond donors (Lipinski definition) is 2. The number of benzene rings is 2. The maximum absolute atomic E-state index is 11.9. The van der Waals surface area contributed by atoms with E-state index < -0.39 is 10.0 Å². The second-order valence-electron chi connectivity index (χ2n) is 7.25. The van der Waals surface area contributed by atoms with Gasteiger partial charge in [-0.25, -0.2) is 12.7 Å². The van der Waals surface area contributed by atoms with Crippen LogP contribution >= 0.6 is 24.0 Å². The molecule has 0 aliphatic carbocycles. The van der Waals surface area contributed by atoms with Crippen LogP contribution in [0.15, 0.2) is 65.7 Å². The van der Waals surface area contributed by atoms with Gasteiger partial charge in [0.2, 0.25) is 10.0 Å². The molecule has 2 aromatic carbocycles. The minimum atomic E-state index is -3.06. The summed E-state index contributed by atoms with van der Waals surface area (Å²) in [5.74, 6) is 1.25. The average molecular weight is 542 g/mol. The van der Waals surface area contributed by atoms with E-state index in [2.05, 4.69) is 64.2 Å². The highest BCUT2D eigenvalue weighted by molar-refractivity contribution is 14.0. The molecule has 0 saturated carbocycles. The topological polar surface area (TPSA) is 73.8 Å². The van der Waals surface area contributed by atoms with Crippen LogP contribution in [0.2, 0.25) is 0 Å². The van der Waals surface area contributed by atoms with Crippen LogP contribution in [0.25, 0.3) is 0 Å². The van der Waals surface area contributed by atoms with Gasteiger partial charge < -0.3 is 10.6 Å². The Kier molecular flexibility index (Phi) is 10.1. The van der Waals surface area contributed by atoms with E-state index in [4.69, 9.17) is 0 Å². The molecule has 8 heteroatoms. The minimum Gasteiger partial charge on any atom is -0.356 e. The molecule has 0 amide bonds. The average Bonchev–Trinajstić information content (AvgIpc) is 3.08. The number of nitrogens with zero attached hydrogens (tertiary/aromatic N) is 2. The van der Waals surface area contributed by atoms with Crippen LogP contribution < -0.4 is 10.6 Å². The molecular formula is C22H31IN4O2S. The van der Waals surface area contributed by atoms with Crippen LogP contribution in [0.1, 0.15) is 23.5 Å². The Morgan fingerprint density at radius 2 is 1.73 bits per heavy atom. The molecule has 6 nitrogen and oxygen atoms in total. The molecule has 1 heterocycles. The van der Waals surface area contributed by atoms with Gasteiger partial charge in [-0.15, -0.1) is 24.0 Å². The molecule has 0 radical (unpaired) electrons. The van der Waals surface area contributed by atoms with Crippen LogP contribution in [0.3, 0.4) is 0 Å². The van der Waals surface area contributed by atoms with Crippen molar-refractivity contribution in [3.63, 3.8) is 0 Å². The van der Waals surface area contributed by atoms with Crippen molar-refractivity contribution in [3.05, 3.63) is 71.8 Å². The largest absolute Gasteiger partial charge is 0.356 e. The molecule has 3 rings (SSSR count). The van der Waals surface area contributed by atoms with E-state index in [0.29, 0.717) is 37.9 Å². The van der Waals surface area contributed by atoms with Crippen LogP contribution in [0.5, 0.6) is 0 Å². The third kappa shape index (κ3) is 7.24. The van der Waals surface area contributed by atoms with Gasteiger partial charge in [0.25, 0.3) is 0 Å². The van der Waals surface area contributed by atoms with Crippen molar-refractivity contribution >= 4 is 40.0 Å². The highest BCUT2D eigenvalue weighted by Gasteiger charge is 2.27. The monoisotopic (exact) mass is 542 g/mol. The standard InChI is InChI=1S/C22H30N4O2S.HI/c1-23-22(24-13-15-26-14-8-16-29(26,27)28)25-18-21(20-11-6-3-7-12-20)17-19-9-4-2-5-10-19;/h2-7,9-12,21H,8,13-18H2,1H3,(H2,23,24,25);1H. The van der Waals surface area contributed by atoms with Crippen molar-refractivity contribution in [2.24, 2.45) is 4.99 Å². The first-order valence-electron chi connectivity index (χ1n) is 10.1. The van der Waals surface area contributed by atoms with E-state index in [-0.39, 0.29) is 29.7 Å². The molecule has 1 saturated heterocycles. The summed E-state index contributed by atoms with van der Waals surface area (Å²) >= 11 is 0. The summed E-state index contributed by atoms with van der Waals surface area (Å²) in [7, 11) is -1.32. The third-order valence-electron chi connectivity index (χ3n) is 5.19. The van der Waals surface area contributed by atoms with E-state index in [0.717, 1.165) is 13.0 Å². The van der Waals surface area contributed by atoms with Crippen LogP contribution in [0.4, 0.5) is 0 Å². The summed E-state index contributed by atoms with van der Waals surface area (Å²) in [4.78, 5) is 4.29. The Hall–Kier alpha value is -1.65. The zero-order valence-corrected chi connectivity index (χ0v) is 20.5. The number of rotatable bonds is 8. The fourth-order valence-electron chi connectivity index (χ4n) is 3.61. The van der Waals surface area contributed by atoms with Gasteiger partial charge in [-0.3, -0.25) is 4.99 Å². The van der Waals surface area contributed by atoms with Crippen LogP contribution in [0, 0.1) is 0 Å². The molecule has 2 aromatic rings. The summed E-state index contributed by atoms with van der Waals surface area (Å²) in [5, 5.41) is 6.64. The highest BCUT2D eigenvalue weighted by atomic mass is 127. The maximum atomic E-state index is 11.9. The van der Waals surface area contributed by atoms with Gasteiger partial charge in [0.05, 0.1) is 5.75 Å². The maximum Gasteiger partial charge on any atom is 0.214 e. The molecule has 1 fully saturated rings. The number of hydrogen-bond acceptors (Lipinski definition) is 3. The van der Waals surface area contributed by atoms with Gasteiger partial charge in [0.1, 0.15) is 0 Å². The lowest BCUT2D eigenvalue weighted by Gasteiger charge is -2.21. The first-order valence-corrected chi connectivity index (χ1v) is 11.7. The molecule has 0 spiro atoms. The Balaban J connectivity index is 0.00000320. The van der Waals surface area contributed by atoms with E-state index in [1.807, 2.05) is 12.1 Å². The number of sulfonamides is 1. The first-order chi connectivity index (χ1) is 14.1. The molecule has 30 heavy (non-hydrogen) atoms. The van der Waals surface area contributed by atoms with Gasteiger partial charge in [0, 0.05) is 39.1 Å². The lowest BCUT2D eigenvalue weighted by molar-refractivity contribution is 0.445. The minimum absolute atomic E-state index is 0. The second kappa shape index (κ2) is 12.3. The SMILES string of the molecule is CN=C(NCCN1CCCS1(=O)=O)NCC(Cc1ccccc1)c1ccccc1.I. The molecule has 0 aromatic heterocycles. The van der Waals surface area contributed by atoms with E-state index in [9.17, 15) is 8.42 Å². The fourth-order valence-corrected chi connectivity index (χ4v) is 5.14. The Morgan fingerprint density at radius 3 is 2.33 bits per heavy atom. The van der Waals surface area contributed by atoms with Gasteiger partial charge in [-0.05, 0) is 24.0 Å². The molecule has 1 atom stereocenters. The van der Waals surface area contributed by atoms with Crippen LogP contribution in [-0.4, -0.2) is 57.7 Å². The van der Waals surface area contributed by atoms with Gasteiger partial charge in [-0.2, -0.15) is 0 Å². The summed E-state index contributed by atoms with van der Waals surface area (Å²) in [6.45, 7) is 2.35. The predicted molar refractivity (Wildman–Crippen MR) is 134 cm³/mol. The third-order valence-corrected chi connectivity index (χ3v) is 7.15. The molecule has 1 aliphatic heterocycles. The second-order valence-corrected chi connectivity index (χ2v) is 9.33. The summed E-state index contributed by atoms with van der Waals surface area (Å²) in [6.07, 6.45) is 1.65. The van der Waals surface area contributed by atoms with E-state index in [1.54, 1.807) is 11.4 Å². The quantitative estimate of drug-likeness (QED) is 0.306. The molecular weight excluding hydrogens is 511 g/mol. The number of aliphatic imine (C=N–C) groups is 1. The summed E-state index contributed by atoms with van der Waals surface area (Å²) in [6, 6.07) is 20.9. The zero-order valence-electron chi connectivity index (χ0n) is 17.3. The van der Waals surface area contributed by atoms with Crippen LogP contribution in [-0.2, 0) is 16.4 Å². The lowest BCUT2D eigenvalue weighted by Crippen LogP contribution is -2.43. The van der Waals surface area contributed by atoms with Gasteiger partial charge in [0.15, 0.2) is 5.96 Å². The number of nitrogens with one attached hydrogen (secondary N) is 2. The summed E-state index contributed by atoms with van der Waals surface area (Å²) < 4.78 is 25.4. The Labute approximate surface area is 197 Å². The van der Waals surface area contributed by atoms with E-state index in [1.165, 1.54) is 11.1 Å². The first kappa shape index (κ1) is 24.6. The molecule has 0 bridgehead atoms. The number of guanidine groups is 1. The normalized spacial score (nSPS) is 17.2. The molecule has 1 unspecified atom stereocenters. The summed E-state index contributed by atoms with van der Waals surface area (Å²) in [5.41, 5.74) is 2.58. The van der Waals surface area contributed by atoms with Crippen molar-refractivity contribution in [2.45, 2.75) is 18.8 Å². The highest BCUT2D eigenvalue weighted by Crippen LogP contribution is 2.20. The van der Waals surface area contributed by atoms with Crippen molar-refractivity contribution < 1.29 is 8.42 Å². The van der Waals surface area contributed by atoms with Crippen molar-refractivity contribution in [2.75, 3.05) is 39.0 Å². The molecule has 1 aliphatic rings. The van der Waals surface area contributed by atoms with Gasteiger partial charge >= 0.3 is 0 Å². The van der Waals surface area contributed by atoms with Crippen molar-refractivity contribution in [1.29, 1.82) is 0 Å². The predicted octanol–water partition coefficient (Wildman–Crippen LogP) is 2.83. The van der Waals surface area contributed by atoms with Crippen molar-refractivity contribution in [3.8, 4) is 0 Å². The molecule has 164 valence electrons. The lowest BCUT2D eigenvalue weighted by atomic mass is 9.92.